The summed E-state index contributed by atoms with van der Waals surface area (Å²) in [5.74, 6) is -0.991. The van der Waals surface area contributed by atoms with Crippen LogP contribution in [0.2, 0.25) is 0 Å². The monoisotopic (exact) mass is 168 g/mol. The second-order valence-corrected chi connectivity index (χ2v) is 2.28. The Bertz CT molecular complexity index is 282. The molecule has 4 nitrogen and oxygen atoms in total. The number of hydrogen-bond donors (Lipinski definition) is 2. The predicted octanol–water partition coefficient (Wildman–Crippen LogP) is 1.37. The zero-order valence-electron chi connectivity index (χ0n) is 6.23. The molecule has 0 aliphatic heterocycles. The van der Waals surface area contributed by atoms with E-state index in [1.807, 2.05) is 0 Å². The van der Waals surface area contributed by atoms with Gasteiger partial charge in [-0.05, 0) is 17.7 Å². The van der Waals surface area contributed by atoms with E-state index in [1.54, 1.807) is 12.1 Å². The van der Waals surface area contributed by atoms with Gasteiger partial charge < -0.3 is 5.11 Å². The van der Waals surface area contributed by atoms with Crippen molar-refractivity contribution < 1.29 is 20.0 Å². The fourth-order valence-corrected chi connectivity index (χ4v) is 0.869. The van der Waals surface area contributed by atoms with E-state index >= 15 is 0 Å². The highest BCUT2D eigenvalue weighted by atomic mass is 17.1. The van der Waals surface area contributed by atoms with Gasteiger partial charge in [-0.3, -0.25) is 5.26 Å². The molecule has 0 radical (unpaired) electrons. The molecule has 1 rings (SSSR count). The summed E-state index contributed by atoms with van der Waals surface area (Å²) in [6.45, 7) is 0.00111. The summed E-state index contributed by atoms with van der Waals surface area (Å²) in [6, 6.07) is 6.18. The molecule has 2 N–H and O–H groups in total. The van der Waals surface area contributed by atoms with Crippen molar-refractivity contribution in [1.29, 1.82) is 0 Å². The molecule has 0 fully saturated rings. The van der Waals surface area contributed by atoms with Crippen molar-refractivity contribution in [2.24, 2.45) is 0 Å². The van der Waals surface area contributed by atoms with E-state index in [9.17, 15) is 4.79 Å². The molecule has 64 valence electrons. The fraction of sp³-hybridized carbons (Fsp3) is 0.125. The first-order valence-electron chi connectivity index (χ1n) is 3.32. The Hall–Kier alpha value is -1.39. The Morgan fingerprint density at radius 1 is 1.50 bits per heavy atom. The van der Waals surface area contributed by atoms with Gasteiger partial charge in [-0.2, -0.15) is 0 Å². The van der Waals surface area contributed by atoms with Crippen LogP contribution in [0, 0.1) is 0 Å². The first kappa shape index (κ1) is 8.70. The van der Waals surface area contributed by atoms with Crippen molar-refractivity contribution in [3.63, 3.8) is 0 Å². The van der Waals surface area contributed by atoms with Gasteiger partial charge in [-0.25, -0.2) is 9.68 Å². The maximum absolute atomic E-state index is 10.5. The second-order valence-electron chi connectivity index (χ2n) is 2.28. The molecule has 0 aliphatic carbocycles. The van der Waals surface area contributed by atoms with Crippen molar-refractivity contribution in [2.75, 3.05) is 0 Å². The van der Waals surface area contributed by atoms with Crippen LogP contribution in [0.25, 0.3) is 0 Å². The van der Waals surface area contributed by atoms with Gasteiger partial charge in [-0.1, -0.05) is 12.1 Å². The Labute approximate surface area is 69.0 Å². The molecule has 0 unspecified atom stereocenters. The number of rotatable bonds is 3. The van der Waals surface area contributed by atoms with Gasteiger partial charge >= 0.3 is 5.97 Å². The van der Waals surface area contributed by atoms with Crippen molar-refractivity contribution >= 4 is 5.97 Å². The number of aromatic carboxylic acids is 1. The summed E-state index contributed by atoms with van der Waals surface area (Å²) in [5.41, 5.74) is 0.807. The lowest BCUT2D eigenvalue weighted by molar-refractivity contribution is -0.253. The smallest absolute Gasteiger partial charge is 0.335 e. The number of hydrogen-bond acceptors (Lipinski definition) is 3. The highest BCUT2D eigenvalue weighted by Crippen LogP contribution is 2.05. The molecule has 4 heteroatoms. The van der Waals surface area contributed by atoms with Gasteiger partial charge in [0, 0.05) is 0 Å². The molecular weight excluding hydrogens is 160 g/mol. The molecule has 1 aromatic carbocycles. The first-order chi connectivity index (χ1) is 5.74. The lowest BCUT2D eigenvalue weighted by Gasteiger charge is -1.98. The van der Waals surface area contributed by atoms with Crippen LogP contribution < -0.4 is 0 Å². The van der Waals surface area contributed by atoms with E-state index in [0.29, 0.717) is 5.56 Å². The molecule has 0 spiro atoms. The fourth-order valence-electron chi connectivity index (χ4n) is 0.869. The topological polar surface area (TPSA) is 66.8 Å². The average molecular weight is 168 g/mol. The minimum absolute atomic E-state index is 0.00111. The van der Waals surface area contributed by atoms with Crippen LogP contribution in [-0.4, -0.2) is 16.3 Å². The van der Waals surface area contributed by atoms with E-state index in [4.69, 9.17) is 10.4 Å². The van der Waals surface area contributed by atoms with Gasteiger partial charge in [0.05, 0.1) is 5.56 Å². The molecule has 0 amide bonds. The van der Waals surface area contributed by atoms with Crippen molar-refractivity contribution in [3.8, 4) is 0 Å². The van der Waals surface area contributed by atoms with Gasteiger partial charge in [0.15, 0.2) is 0 Å². The summed E-state index contributed by atoms with van der Waals surface area (Å²) in [4.78, 5) is 14.3. The SMILES string of the molecule is O=C(O)c1cccc(COO)c1. The molecule has 0 saturated heterocycles. The lowest BCUT2D eigenvalue weighted by Crippen LogP contribution is -1.97. The predicted molar refractivity (Wildman–Crippen MR) is 40.8 cm³/mol. The van der Waals surface area contributed by atoms with E-state index in [-0.39, 0.29) is 12.2 Å². The third-order valence-electron chi connectivity index (χ3n) is 1.41. The Morgan fingerprint density at radius 2 is 2.25 bits per heavy atom. The average Bonchev–Trinajstić information content (AvgIpc) is 2.05. The van der Waals surface area contributed by atoms with Gasteiger partial charge in [0.2, 0.25) is 0 Å². The molecule has 12 heavy (non-hydrogen) atoms. The zero-order valence-corrected chi connectivity index (χ0v) is 6.23. The van der Waals surface area contributed by atoms with Crippen LogP contribution in [0.1, 0.15) is 15.9 Å². The number of carboxylic acid groups (broad SMARTS) is 1. The molecule has 1 aromatic rings. The summed E-state index contributed by atoms with van der Waals surface area (Å²) in [6.07, 6.45) is 0. The van der Waals surface area contributed by atoms with Crippen molar-refractivity contribution in [3.05, 3.63) is 35.4 Å². The molecule has 0 aliphatic rings. The van der Waals surface area contributed by atoms with E-state index in [2.05, 4.69) is 4.89 Å². The quantitative estimate of drug-likeness (QED) is 0.528. The third-order valence-corrected chi connectivity index (χ3v) is 1.41. The largest absolute Gasteiger partial charge is 0.478 e. The van der Waals surface area contributed by atoms with E-state index in [1.165, 1.54) is 12.1 Å². The lowest BCUT2D eigenvalue weighted by atomic mass is 10.1. The third kappa shape index (κ3) is 2.05. The summed E-state index contributed by atoms with van der Waals surface area (Å²) in [5, 5.41) is 16.7. The molecule has 0 saturated carbocycles. The molecule has 0 heterocycles. The highest BCUT2D eigenvalue weighted by Gasteiger charge is 2.02. The minimum atomic E-state index is -0.991. The van der Waals surface area contributed by atoms with Crippen LogP contribution in [0.4, 0.5) is 0 Å². The van der Waals surface area contributed by atoms with Crippen molar-refractivity contribution in [1.82, 2.24) is 0 Å². The Balaban J connectivity index is 2.88. The first-order valence-corrected chi connectivity index (χ1v) is 3.32. The second kappa shape index (κ2) is 3.85. The van der Waals surface area contributed by atoms with Gasteiger partial charge in [0.1, 0.15) is 6.61 Å². The molecular formula is C8H8O4. The highest BCUT2D eigenvalue weighted by molar-refractivity contribution is 5.87. The Morgan fingerprint density at radius 3 is 2.83 bits per heavy atom. The van der Waals surface area contributed by atoms with Crippen LogP contribution in [0.15, 0.2) is 24.3 Å². The van der Waals surface area contributed by atoms with Crippen LogP contribution in [0.5, 0.6) is 0 Å². The summed E-state index contributed by atoms with van der Waals surface area (Å²) in [7, 11) is 0. The standard InChI is InChI=1S/C8H8O4/c9-8(10)7-3-1-2-6(4-7)5-12-11/h1-4,11H,5H2,(H,9,10). The zero-order chi connectivity index (χ0) is 8.97. The maximum Gasteiger partial charge on any atom is 0.335 e. The van der Waals surface area contributed by atoms with E-state index < -0.39 is 5.97 Å². The minimum Gasteiger partial charge on any atom is -0.478 e. The van der Waals surface area contributed by atoms with Gasteiger partial charge in [0.25, 0.3) is 0 Å². The maximum atomic E-state index is 10.5. The van der Waals surface area contributed by atoms with Crippen LogP contribution in [0.3, 0.4) is 0 Å². The van der Waals surface area contributed by atoms with Crippen molar-refractivity contribution in [2.45, 2.75) is 6.61 Å². The summed E-state index contributed by atoms with van der Waals surface area (Å²) < 4.78 is 0. The number of carbonyl (C=O) groups is 1. The molecule has 0 aromatic heterocycles. The van der Waals surface area contributed by atoms with Gasteiger partial charge in [-0.15, -0.1) is 0 Å². The molecule has 0 atom stereocenters. The number of benzene rings is 1. The summed E-state index contributed by atoms with van der Waals surface area (Å²) >= 11 is 0. The van der Waals surface area contributed by atoms with Crippen LogP contribution in [-0.2, 0) is 11.5 Å². The number of carboxylic acids is 1. The van der Waals surface area contributed by atoms with E-state index in [0.717, 1.165) is 0 Å². The van der Waals surface area contributed by atoms with Crippen LogP contribution >= 0.6 is 0 Å². The normalized spacial score (nSPS) is 9.75. The Kier molecular flexibility index (Phi) is 2.79. The molecule has 0 bridgehead atoms.